The van der Waals surface area contributed by atoms with Crippen LogP contribution in [0.5, 0.6) is 0 Å². The van der Waals surface area contributed by atoms with E-state index in [0.29, 0.717) is 18.5 Å². The lowest BCUT2D eigenvalue weighted by Gasteiger charge is -2.04. The van der Waals surface area contributed by atoms with Gasteiger partial charge in [0.1, 0.15) is 11.4 Å². The average Bonchev–Trinajstić information content (AvgIpc) is 2.91. The smallest absolute Gasteiger partial charge is 0.251 e. The van der Waals surface area contributed by atoms with Crippen molar-refractivity contribution in [1.82, 2.24) is 5.32 Å². The Kier molecular flexibility index (Phi) is 3.69. The van der Waals surface area contributed by atoms with Gasteiger partial charge in [-0.25, -0.2) is 4.39 Å². The van der Waals surface area contributed by atoms with E-state index in [1.165, 1.54) is 18.2 Å². The summed E-state index contributed by atoms with van der Waals surface area (Å²) in [6.45, 7) is 0.471. The van der Waals surface area contributed by atoms with E-state index < -0.39 is 5.82 Å². The molecule has 0 unspecified atom stereocenters. The number of rotatable bonds is 4. The molecule has 3 nitrogen and oxygen atoms in total. The van der Waals surface area contributed by atoms with Crippen molar-refractivity contribution in [3.05, 3.63) is 71.7 Å². The largest absolute Gasteiger partial charge is 0.464 e. The Bertz CT molecular complexity index is 779. The van der Waals surface area contributed by atoms with Gasteiger partial charge >= 0.3 is 0 Å². The molecule has 1 amide bonds. The lowest BCUT2D eigenvalue weighted by atomic mass is 10.1. The molecule has 0 aliphatic carbocycles. The predicted octanol–water partition coefficient (Wildman–Crippen LogP) is 3.54. The topological polar surface area (TPSA) is 42.2 Å². The summed E-state index contributed by atoms with van der Waals surface area (Å²) in [5.74, 6) is -0.689. The molecule has 1 N–H and O–H groups in total. The molecule has 0 atom stereocenters. The summed E-state index contributed by atoms with van der Waals surface area (Å²) >= 11 is 0. The van der Waals surface area contributed by atoms with E-state index >= 15 is 0 Å². The minimum absolute atomic E-state index is 0.276. The van der Waals surface area contributed by atoms with Gasteiger partial charge in [0.05, 0.1) is 6.26 Å². The van der Waals surface area contributed by atoms with Crippen LogP contribution in [0.4, 0.5) is 4.39 Å². The van der Waals surface area contributed by atoms with Gasteiger partial charge in [0.15, 0.2) is 0 Å². The summed E-state index contributed by atoms with van der Waals surface area (Å²) in [5.41, 5.74) is 2.21. The Morgan fingerprint density at radius 2 is 2.00 bits per heavy atom. The number of furan rings is 1. The Labute approximate surface area is 121 Å². The molecule has 106 valence electrons. The van der Waals surface area contributed by atoms with Gasteiger partial charge in [0.25, 0.3) is 5.91 Å². The first-order valence-electron chi connectivity index (χ1n) is 6.73. The summed E-state index contributed by atoms with van der Waals surface area (Å²) in [6.07, 6.45) is 2.37. The van der Waals surface area contributed by atoms with Gasteiger partial charge in [0, 0.05) is 17.5 Å². The van der Waals surface area contributed by atoms with Crippen molar-refractivity contribution in [2.24, 2.45) is 0 Å². The first-order valence-corrected chi connectivity index (χ1v) is 6.73. The van der Waals surface area contributed by atoms with Gasteiger partial charge in [-0.15, -0.1) is 0 Å². The van der Waals surface area contributed by atoms with Crippen molar-refractivity contribution < 1.29 is 13.6 Å². The molecular weight excluding hydrogens is 269 g/mol. The molecule has 1 aromatic heterocycles. The number of fused-ring (bicyclic) bond motifs is 1. The van der Waals surface area contributed by atoms with Crippen LogP contribution in [0.15, 0.2) is 59.2 Å². The first kappa shape index (κ1) is 13.4. The molecule has 4 heteroatoms. The van der Waals surface area contributed by atoms with E-state index in [-0.39, 0.29) is 5.91 Å². The van der Waals surface area contributed by atoms with Crippen molar-refractivity contribution in [3.63, 3.8) is 0 Å². The highest BCUT2D eigenvalue weighted by Gasteiger charge is 2.08. The fraction of sp³-hybridized carbons (Fsp3) is 0.118. The SMILES string of the molecule is O=C(NCCc1coc2ccccc12)c1cccc(F)c1. The normalized spacial score (nSPS) is 10.7. The van der Waals surface area contributed by atoms with Gasteiger partial charge in [0.2, 0.25) is 0 Å². The second-order valence-corrected chi connectivity index (χ2v) is 4.77. The summed E-state index contributed by atoms with van der Waals surface area (Å²) in [6, 6.07) is 13.4. The lowest BCUT2D eigenvalue weighted by Crippen LogP contribution is -2.25. The number of halogens is 1. The zero-order valence-electron chi connectivity index (χ0n) is 11.3. The van der Waals surface area contributed by atoms with Crippen LogP contribution in [0.25, 0.3) is 11.0 Å². The molecule has 2 aromatic carbocycles. The number of amides is 1. The minimum Gasteiger partial charge on any atom is -0.464 e. The second kappa shape index (κ2) is 5.79. The summed E-state index contributed by atoms with van der Waals surface area (Å²) in [4.78, 5) is 11.9. The van der Waals surface area contributed by atoms with Gasteiger partial charge < -0.3 is 9.73 Å². The Morgan fingerprint density at radius 3 is 2.86 bits per heavy atom. The fourth-order valence-electron chi connectivity index (χ4n) is 2.27. The summed E-state index contributed by atoms with van der Waals surface area (Å²) in [5, 5.41) is 3.84. The maximum absolute atomic E-state index is 13.1. The number of carbonyl (C=O) groups is 1. The van der Waals surface area contributed by atoms with Gasteiger partial charge in [-0.1, -0.05) is 24.3 Å². The molecule has 21 heavy (non-hydrogen) atoms. The van der Waals surface area contributed by atoms with Crippen LogP contribution in [0.2, 0.25) is 0 Å². The third-order valence-corrected chi connectivity index (χ3v) is 3.33. The minimum atomic E-state index is -0.413. The molecule has 0 saturated heterocycles. The number of carbonyl (C=O) groups excluding carboxylic acids is 1. The molecular formula is C17H14FNO2. The average molecular weight is 283 g/mol. The molecule has 3 aromatic rings. The van der Waals surface area contributed by atoms with Crippen LogP contribution in [-0.4, -0.2) is 12.5 Å². The highest BCUT2D eigenvalue weighted by molar-refractivity contribution is 5.94. The van der Waals surface area contributed by atoms with E-state index in [0.717, 1.165) is 16.5 Å². The van der Waals surface area contributed by atoms with Gasteiger partial charge in [-0.3, -0.25) is 4.79 Å². The fourth-order valence-corrected chi connectivity index (χ4v) is 2.27. The molecule has 1 heterocycles. The van der Waals surface area contributed by atoms with Crippen molar-refractivity contribution in [3.8, 4) is 0 Å². The molecule has 0 bridgehead atoms. The monoisotopic (exact) mass is 283 g/mol. The molecule has 0 spiro atoms. The molecule has 0 aliphatic rings. The predicted molar refractivity (Wildman–Crippen MR) is 78.7 cm³/mol. The van der Waals surface area contributed by atoms with Crippen LogP contribution in [0, 0.1) is 5.82 Å². The van der Waals surface area contributed by atoms with E-state index in [1.807, 2.05) is 24.3 Å². The molecule has 0 fully saturated rings. The standard InChI is InChI=1S/C17H14FNO2/c18-14-5-3-4-12(10-14)17(20)19-9-8-13-11-21-16-7-2-1-6-15(13)16/h1-7,10-11H,8-9H2,(H,19,20). The number of nitrogens with one attached hydrogen (secondary N) is 1. The van der Waals surface area contributed by atoms with Crippen molar-refractivity contribution in [2.75, 3.05) is 6.54 Å². The van der Waals surface area contributed by atoms with E-state index in [2.05, 4.69) is 5.32 Å². The summed E-state index contributed by atoms with van der Waals surface area (Å²) in [7, 11) is 0. The van der Waals surface area contributed by atoms with Crippen LogP contribution in [0.1, 0.15) is 15.9 Å². The van der Waals surface area contributed by atoms with Crippen molar-refractivity contribution >= 4 is 16.9 Å². The van der Waals surface area contributed by atoms with E-state index in [9.17, 15) is 9.18 Å². The Balaban J connectivity index is 1.62. The third-order valence-electron chi connectivity index (χ3n) is 3.33. The molecule has 0 radical (unpaired) electrons. The molecule has 0 saturated carbocycles. The van der Waals surface area contributed by atoms with Crippen LogP contribution in [-0.2, 0) is 6.42 Å². The Morgan fingerprint density at radius 1 is 1.14 bits per heavy atom. The Hall–Kier alpha value is -2.62. The van der Waals surface area contributed by atoms with Crippen LogP contribution < -0.4 is 5.32 Å². The lowest BCUT2D eigenvalue weighted by molar-refractivity contribution is 0.0953. The van der Waals surface area contributed by atoms with E-state index in [1.54, 1.807) is 12.3 Å². The van der Waals surface area contributed by atoms with Crippen molar-refractivity contribution in [2.45, 2.75) is 6.42 Å². The zero-order chi connectivity index (χ0) is 14.7. The molecule has 0 aliphatic heterocycles. The number of benzene rings is 2. The maximum atomic E-state index is 13.1. The quantitative estimate of drug-likeness (QED) is 0.795. The van der Waals surface area contributed by atoms with Crippen LogP contribution in [0.3, 0.4) is 0 Å². The maximum Gasteiger partial charge on any atom is 0.251 e. The first-order chi connectivity index (χ1) is 10.2. The van der Waals surface area contributed by atoms with Gasteiger partial charge in [-0.2, -0.15) is 0 Å². The molecule has 3 rings (SSSR count). The third kappa shape index (κ3) is 2.94. The highest BCUT2D eigenvalue weighted by Crippen LogP contribution is 2.20. The van der Waals surface area contributed by atoms with Gasteiger partial charge in [-0.05, 0) is 36.2 Å². The second-order valence-electron chi connectivity index (χ2n) is 4.77. The van der Waals surface area contributed by atoms with E-state index in [4.69, 9.17) is 4.42 Å². The van der Waals surface area contributed by atoms with Crippen molar-refractivity contribution in [1.29, 1.82) is 0 Å². The zero-order valence-corrected chi connectivity index (χ0v) is 11.3. The van der Waals surface area contributed by atoms with Crippen LogP contribution >= 0.6 is 0 Å². The number of para-hydroxylation sites is 1. The number of hydrogen-bond donors (Lipinski definition) is 1. The highest BCUT2D eigenvalue weighted by atomic mass is 19.1. The summed E-state index contributed by atoms with van der Waals surface area (Å²) < 4.78 is 18.5. The number of hydrogen-bond acceptors (Lipinski definition) is 2.